The first-order valence-electron chi connectivity index (χ1n) is 4.83. The molecule has 2 rings (SSSR count). The highest BCUT2D eigenvalue weighted by Crippen LogP contribution is 2.31. The van der Waals surface area contributed by atoms with Crippen molar-refractivity contribution in [2.45, 2.75) is 0 Å². The molecule has 0 saturated carbocycles. The quantitative estimate of drug-likeness (QED) is 0.785. The Labute approximate surface area is 93.6 Å². The molecule has 0 saturated heterocycles. The van der Waals surface area contributed by atoms with E-state index in [-0.39, 0.29) is 0 Å². The maximum absolute atomic E-state index is 5.23. The Kier molecular flexibility index (Phi) is 2.76. The van der Waals surface area contributed by atoms with Gasteiger partial charge in [0, 0.05) is 12.6 Å². The lowest BCUT2D eigenvalue weighted by Crippen LogP contribution is -1.93. The zero-order chi connectivity index (χ0) is 11.5. The molecule has 5 heteroatoms. The summed E-state index contributed by atoms with van der Waals surface area (Å²) in [6.45, 7) is 0. The van der Waals surface area contributed by atoms with Crippen molar-refractivity contribution in [1.82, 2.24) is 15.0 Å². The van der Waals surface area contributed by atoms with Crippen molar-refractivity contribution < 1.29 is 9.47 Å². The second kappa shape index (κ2) is 4.22. The van der Waals surface area contributed by atoms with E-state index in [1.54, 1.807) is 27.5 Å². The van der Waals surface area contributed by atoms with E-state index in [1.807, 2.05) is 18.2 Å². The van der Waals surface area contributed by atoms with E-state index in [2.05, 4.69) is 10.2 Å². The predicted molar refractivity (Wildman–Crippen MR) is 59.5 cm³/mol. The third kappa shape index (κ3) is 1.84. The summed E-state index contributed by atoms with van der Waals surface area (Å²) in [5, 5.41) is 8.25. The van der Waals surface area contributed by atoms with Crippen molar-refractivity contribution in [1.29, 1.82) is 0 Å². The minimum Gasteiger partial charge on any atom is -0.493 e. The summed E-state index contributed by atoms with van der Waals surface area (Å²) in [6, 6.07) is 5.65. The van der Waals surface area contributed by atoms with Gasteiger partial charge in [0.1, 0.15) is 5.69 Å². The molecule has 1 aromatic carbocycles. The standard InChI is InChI=1S/C11H13N3O2/c1-14-12-7-9(13-14)8-4-5-10(15-2)11(6-8)16-3/h4-7H,1-3H3. The highest BCUT2D eigenvalue weighted by Gasteiger charge is 2.08. The van der Waals surface area contributed by atoms with Crippen molar-refractivity contribution in [2.75, 3.05) is 14.2 Å². The molecule has 0 amide bonds. The van der Waals surface area contributed by atoms with Crippen LogP contribution in [0.15, 0.2) is 24.4 Å². The third-order valence-corrected chi connectivity index (χ3v) is 2.28. The fourth-order valence-corrected chi connectivity index (χ4v) is 1.47. The van der Waals surface area contributed by atoms with Gasteiger partial charge in [-0.1, -0.05) is 0 Å². The molecule has 0 spiro atoms. The van der Waals surface area contributed by atoms with Gasteiger partial charge in [-0.3, -0.25) is 0 Å². The van der Waals surface area contributed by atoms with Crippen LogP contribution in [0.5, 0.6) is 11.5 Å². The SMILES string of the molecule is COc1ccc(-c2cnn(C)n2)cc1OC. The van der Waals surface area contributed by atoms with Crippen LogP contribution < -0.4 is 9.47 Å². The average molecular weight is 219 g/mol. The van der Waals surface area contributed by atoms with Crippen LogP contribution in [-0.4, -0.2) is 29.2 Å². The summed E-state index contributed by atoms with van der Waals surface area (Å²) >= 11 is 0. The lowest BCUT2D eigenvalue weighted by Gasteiger charge is -2.07. The van der Waals surface area contributed by atoms with Crippen molar-refractivity contribution >= 4 is 0 Å². The monoisotopic (exact) mass is 219 g/mol. The van der Waals surface area contributed by atoms with Crippen LogP contribution in [0.1, 0.15) is 0 Å². The van der Waals surface area contributed by atoms with Gasteiger partial charge in [-0.25, -0.2) is 0 Å². The first-order valence-corrected chi connectivity index (χ1v) is 4.83. The van der Waals surface area contributed by atoms with E-state index >= 15 is 0 Å². The number of aryl methyl sites for hydroxylation is 1. The molecule has 16 heavy (non-hydrogen) atoms. The largest absolute Gasteiger partial charge is 0.493 e. The Morgan fingerprint density at radius 3 is 2.44 bits per heavy atom. The van der Waals surface area contributed by atoms with Crippen LogP contribution in [0.3, 0.4) is 0 Å². The fraction of sp³-hybridized carbons (Fsp3) is 0.273. The summed E-state index contributed by atoms with van der Waals surface area (Å²) < 4.78 is 10.4. The number of benzene rings is 1. The number of nitrogens with zero attached hydrogens (tertiary/aromatic N) is 3. The average Bonchev–Trinajstić information content (AvgIpc) is 2.75. The fourth-order valence-electron chi connectivity index (χ4n) is 1.47. The number of hydrogen-bond acceptors (Lipinski definition) is 4. The van der Waals surface area contributed by atoms with Crippen molar-refractivity contribution in [3.8, 4) is 22.8 Å². The number of methoxy groups -OCH3 is 2. The summed E-state index contributed by atoms with van der Waals surface area (Å²) in [6.07, 6.45) is 1.71. The van der Waals surface area contributed by atoms with Gasteiger partial charge in [0.2, 0.25) is 0 Å². The van der Waals surface area contributed by atoms with E-state index in [0.717, 1.165) is 11.3 Å². The summed E-state index contributed by atoms with van der Waals surface area (Å²) in [5.74, 6) is 1.39. The van der Waals surface area contributed by atoms with Gasteiger partial charge in [-0.05, 0) is 18.2 Å². The summed E-state index contributed by atoms with van der Waals surface area (Å²) in [5.41, 5.74) is 1.76. The smallest absolute Gasteiger partial charge is 0.161 e. The lowest BCUT2D eigenvalue weighted by molar-refractivity contribution is 0.355. The summed E-state index contributed by atoms with van der Waals surface area (Å²) in [4.78, 5) is 1.52. The molecule has 84 valence electrons. The van der Waals surface area contributed by atoms with E-state index in [0.29, 0.717) is 11.5 Å². The van der Waals surface area contributed by atoms with Gasteiger partial charge in [0.25, 0.3) is 0 Å². The van der Waals surface area contributed by atoms with E-state index < -0.39 is 0 Å². The molecule has 5 nitrogen and oxygen atoms in total. The molecule has 0 aliphatic rings. The lowest BCUT2D eigenvalue weighted by atomic mass is 10.1. The number of ether oxygens (including phenoxy) is 2. The van der Waals surface area contributed by atoms with Crippen molar-refractivity contribution in [2.24, 2.45) is 7.05 Å². The van der Waals surface area contributed by atoms with Crippen LogP contribution >= 0.6 is 0 Å². The van der Waals surface area contributed by atoms with Crippen LogP contribution in [0.25, 0.3) is 11.3 Å². The molecule has 1 aromatic heterocycles. The molecule has 2 aromatic rings. The Morgan fingerprint density at radius 2 is 1.88 bits per heavy atom. The van der Waals surface area contributed by atoms with Gasteiger partial charge in [0.05, 0.1) is 20.4 Å². The second-order valence-electron chi connectivity index (χ2n) is 3.29. The first kappa shape index (κ1) is 10.5. The maximum Gasteiger partial charge on any atom is 0.161 e. The van der Waals surface area contributed by atoms with Crippen molar-refractivity contribution in [3.05, 3.63) is 24.4 Å². The molecule has 0 aliphatic carbocycles. The molecule has 0 radical (unpaired) electrons. The first-order chi connectivity index (χ1) is 7.74. The molecule has 0 atom stereocenters. The molecule has 0 unspecified atom stereocenters. The van der Waals surface area contributed by atoms with Gasteiger partial charge in [-0.15, -0.1) is 0 Å². The van der Waals surface area contributed by atoms with Crippen LogP contribution in [-0.2, 0) is 7.05 Å². The Bertz CT molecular complexity index is 494. The van der Waals surface area contributed by atoms with E-state index in [9.17, 15) is 0 Å². The molecule has 0 N–H and O–H groups in total. The van der Waals surface area contributed by atoms with Crippen LogP contribution in [0, 0.1) is 0 Å². The minimum atomic E-state index is 0.686. The predicted octanol–water partition coefficient (Wildman–Crippen LogP) is 1.50. The Hall–Kier alpha value is -2.04. The molecular weight excluding hydrogens is 206 g/mol. The molecule has 0 aliphatic heterocycles. The second-order valence-corrected chi connectivity index (χ2v) is 3.29. The number of hydrogen-bond donors (Lipinski definition) is 0. The Balaban J connectivity index is 2.43. The molecule has 0 bridgehead atoms. The Morgan fingerprint density at radius 1 is 1.12 bits per heavy atom. The van der Waals surface area contributed by atoms with E-state index in [1.165, 1.54) is 4.80 Å². The number of aromatic nitrogens is 3. The minimum absolute atomic E-state index is 0.686. The highest BCUT2D eigenvalue weighted by atomic mass is 16.5. The molecular formula is C11H13N3O2. The van der Waals surface area contributed by atoms with Gasteiger partial charge in [-0.2, -0.15) is 15.0 Å². The zero-order valence-electron chi connectivity index (χ0n) is 9.47. The van der Waals surface area contributed by atoms with Gasteiger partial charge >= 0.3 is 0 Å². The topological polar surface area (TPSA) is 49.2 Å². The van der Waals surface area contributed by atoms with Crippen LogP contribution in [0.4, 0.5) is 0 Å². The third-order valence-electron chi connectivity index (χ3n) is 2.28. The van der Waals surface area contributed by atoms with Crippen LogP contribution in [0.2, 0.25) is 0 Å². The normalized spacial score (nSPS) is 10.2. The summed E-state index contributed by atoms with van der Waals surface area (Å²) in [7, 11) is 5.00. The van der Waals surface area contributed by atoms with Crippen molar-refractivity contribution in [3.63, 3.8) is 0 Å². The number of rotatable bonds is 3. The van der Waals surface area contributed by atoms with E-state index in [4.69, 9.17) is 9.47 Å². The zero-order valence-corrected chi connectivity index (χ0v) is 9.47. The molecule has 0 fully saturated rings. The van der Waals surface area contributed by atoms with Gasteiger partial charge < -0.3 is 9.47 Å². The van der Waals surface area contributed by atoms with Gasteiger partial charge in [0.15, 0.2) is 11.5 Å². The molecule has 1 heterocycles. The maximum atomic E-state index is 5.23. The highest BCUT2D eigenvalue weighted by molar-refractivity contribution is 5.62.